The van der Waals surface area contributed by atoms with Crippen molar-refractivity contribution in [2.75, 3.05) is 42.9 Å². The number of nitrogens with one attached hydrogen (secondary N) is 2. The van der Waals surface area contributed by atoms with Gasteiger partial charge in [0.15, 0.2) is 0 Å². The SMILES string of the molecule is O=C(CCCNC(=O)c1ccc(Cl)cc1)Nc1ccc(N2CCN(Cc3ccccc3)CC2)cc1. The van der Waals surface area contributed by atoms with Gasteiger partial charge in [-0.05, 0) is 60.5 Å². The Labute approximate surface area is 211 Å². The van der Waals surface area contributed by atoms with Crippen LogP contribution in [0, 0.1) is 0 Å². The van der Waals surface area contributed by atoms with Crippen LogP contribution in [0.3, 0.4) is 0 Å². The standard InChI is InChI=1S/C28H31ClN4O2/c29-24-10-8-23(9-11-24)28(35)30-16-4-7-27(34)31-25-12-14-26(15-13-25)33-19-17-32(18-20-33)21-22-5-2-1-3-6-22/h1-3,5-6,8-15H,4,7,16-21H2,(H,30,35)(H,31,34). The van der Waals surface area contributed by atoms with E-state index in [4.69, 9.17) is 11.6 Å². The molecule has 0 radical (unpaired) electrons. The zero-order valence-corrected chi connectivity index (χ0v) is 20.5. The molecule has 0 spiro atoms. The van der Waals surface area contributed by atoms with Gasteiger partial charge >= 0.3 is 0 Å². The summed E-state index contributed by atoms with van der Waals surface area (Å²) >= 11 is 5.84. The van der Waals surface area contributed by atoms with Crippen LogP contribution in [0.4, 0.5) is 11.4 Å². The van der Waals surface area contributed by atoms with E-state index in [9.17, 15) is 9.59 Å². The highest BCUT2D eigenvalue weighted by atomic mass is 35.5. The van der Waals surface area contributed by atoms with Crippen molar-refractivity contribution >= 4 is 34.8 Å². The average molecular weight is 491 g/mol. The summed E-state index contributed by atoms with van der Waals surface area (Å²) in [6.07, 6.45) is 0.905. The van der Waals surface area contributed by atoms with Crippen molar-refractivity contribution in [1.82, 2.24) is 10.2 Å². The van der Waals surface area contributed by atoms with E-state index < -0.39 is 0 Å². The number of hydrogen-bond acceptors (Lipinski definition) is 4. The Morgan fingerprint density at radius 2 is 1.51 bits per heavy atom. The molecule has 1 saturated heterocycles. The molecule has 1 heterocycles. The zero-order chi connectivity index (χ0) is 24.5. The Hall–Kier alpha value is -3.35. The van der Waals surface area contributed by atoms with E-state index in [1.165, 1.54) is 11.3 Å². The van der Waals surface area contributed by atoms with E-state index in [-0.39, 0.29) is 11.8 Å². The van der Waals surface area contributed by atoms with Crippen LogP contribution in [0.25, 0.3) is 0 Å². The van der Waals surface area contributed by atoms with Gasteiger partial charge in [0.2, 0.25) is 5.91 Å². The minimum Gasteiger partial charge on any atom is -0.369 e. The maximum Gasteiger partial charge on any atom is 0.251 e. The fraction of sp³-hybridized carbons (Fsp3) is 0.286. The molecule has 1 aliphatic rings. The lowest BCUT2D eigenvalue weighted by Crippen LogP contribution is -2.45. The quantitative estimate of drug-likeness (QED) is 0.422. The number of hydrogen-bond donors (Lipinski definition) is 2. The summed E-state index contributed by atoms with van der Waals surface area (Å²) in [7, 11) is 0. The van der Waals surface area contributed by atoms with Crippen molar-refractivity contribution in [3.63, 3.8) is 0 Å². The zero-order valence-electron chi connectivity index (χ0n) is 19.8. The third kappa shape index (κ3) is 7.57. The molecule has 2 amide bonds. The fourth-order valence-electron chi connectivity index (χ4n) is 4.14. The average Bonchev–Trinajstić information content (AvgIpc) is 2.88. The van der Waals surface area contributed by atoms with Gasteiger partial charge < -0.3 is 15.5 Å². The molecule has 0 aliphatic carbocycles. The first kappa shape index (κ1) is 24.8. The number of nitrogens with zero attached hydrogens (tertiary/aromatic N) is 2. The van der Waals surface area contributed by atoms with E-state index in [1.807, 2.05) is 12.1 Å². The molecule has 2 N–H and O–H groups in total. The Morgan fingerprint density at radius 3 is 2.20 bits per heavy atom. The van der Waals surface area contributed by atoms with E-state index in [0.717, 1.165) is 38.4 Å². The number of amides is 2. The van der Waals surface area contributed by atoms with Crippen LogP contribution >= 0.6 is 11.6 Å². The second-order valence-electron chi connectivity index (χ2n) is 8.71. The van der Waals surface area contributed by atoms with Crippen LogP contribution in [0.2, 0.25) is 5.02 Å². The van der Waals surface area contributed by atoms with Crippen LogP contribution < -0.4 is 15.5 Å². The summed E-state index contributed by atoms with van der Waals surface area (Å²) in [5, 5.41) is 6.36. The molecule has 6 nitrogen and oxygen atoms in total. The Balaban J connectivity index is 1.15. The number of piperazine rings is 1. The summed E-state index contributed by atoms with van der Waals surface area (Å²) in [6, 6.07) is 25.3. The largest absolute Gasteiger partial charge is 0.369 e. The van der Waals surface area contributed by atoms with E-state index in [1.54, 1.807) is 24.3 Å². The van der Waals surface area contributed by atoms with Crippen LogP contribution in [0.1, 0.15) is 28.8 Å². The van der Waals surface area contributed by atoms with Gasteiger partial charge in [0.05, 0.1) is 0 Å². The van der Waals surface area contributed by atoms with Crippen molar-refractivity contribution in [1.29, 1.82) is 0 Å². The molecule has 35 heavy (non-hydrogen) atoms. The van der Waals surface area contributed by atoms with Crippen LogP contribution in [0.15, 0.2) is 78.9 Å². The molecule has 0 atom stereocenters. The van der Waals surface area contributed by atoms with Crippen molar-refractivity contribution in [2.45, 2.75) is 19.4 Å². The number of halogens is 1. The van der Waals surface area contributed by atoms with Gasteiger partial charge in [-0.2, -0.15) is 0 Å². The molecule has 4 rings (SSSR count). The maximum atomic E-state index is 12.3. The predicted molar refractivity (Wildman–Crippen MR) is 142 cm³/mol. The molecule has 1 aliphatic heterocycles. The highest BCUT2D eigenvalue weighted by Gasteiger charge is 2.17. The van der Waals surface area contributed by atoms with Crippen molar-refractivity contribution in [2.24, 2.45) is 0 Å². The molecule has 1 fully saturated rings. The normalized spacial score (nSPS) is 13.9. The Bertz CT molecular complexity index is 1100. The number of carbonyl (C=O) groups excluding carboxylic acids is 2. The first-order valence-corrected chi connectivity index (χ1v) is 12.4. The number of carbonyl (C=O) groups is 2. The molecular weight excluding hydrogens is 460 g/mol. The first-order chi connectivity index (χ1) is 17.1. The van der Waals surface area contributed by atoms with Gasteiger partial charge in [0, 0.05) is 67.7 Å². The Morgan fingerprint density at radius 1 is 0.829 bits per heavy atom. The Kier molecular flexibility index (Phi) is 8.76. The topological polar surface area (TPSA) is 64.7 Å². The van der Waals surface area contributed by atoms with E-state index in [2.05, 4.69) is 62.9 Å². The highest BCUT2D eigenvalue weighted by Crippen LogP contribution is 2.20. The maximum absolute atomic E-state index is 12.3. The summed E-state index contributed by atoms with van der Waals surface area (Å²) < 4.78 is 0. The number of anilines is 2. The summed E-state index contributed by atoms with van der Waals surface area (Å²) in [5.74, 6) is -0.230. The third-order valence-corrected chi connectivity index (χ3v) is 6.36. The van der Waals surface area contributed by atoms with E-state index in [0.29, 0.717) is 30.0 Å². The van der Waals surface area contributed by atoms with Crippen molar-refractivity contribution < 1.29 is 9.59 Å². The molecule has 0 bridgehead atoms. The number of benzene rings is 3. The third-order valence-electron chi connectivity index (χ3n) is 6.11. The summed E-state index contributed by atoms with van der Waals surface area (Å²) in [5.41, 5.74) is 3.86. The second-order valence-corrected chi connectivity index (χ2v) is 9.15. The van der Waals surface area contributed by atoms with Gasteiger partial charge in [-0.1, -0.05) is 41.9 Å². The molecule has 0 unspecified atom stereocenters. The molecule has 182 valence electrons. The van der Waals surface area contributed by atoms with Gasteiger partial charge in [-0.3, -0.25) is 14.5 Å². The second kappa shape index (κ2) is 12.4. The van der Waals surface area contributed by atoms with Crippen LogP contribution in [0.5, 0.6) is 0 Å². The van der Waals surface area contributed by atoms with Crippen LogP contribution in [-0.2, 0) is 11.3 Å². The minimum absolute atomic E-state index is 0.0620. The smallest absolute Gasteiger partial charge is 0.251 e. The lowest BCUT2D eigenvalue weighted by molar-refractivity contribution is -0.116. The lowest BCUT2D eigenvalue weighted by atomic mass is 10.2. The molecule has 0 saturated carbocycles. The summed E-state index contributed by atoms with van der Waals surface area (Å²) in [4.78, 5) is 29.2. The first-order valence-electron chi connectivity index (χ1n) is 12.0. The van der Waals surface area contributed by atoms with Gasteiger partial charge in [-0.25, -0.2) is 0 Å². The molecule has 3 aromatic rings. The molecular formula is C28H31ClN4O2. The summed E-state index contributed by atoms with van der Waals surface area (Å²) in [6.45, 7) is 5.46. The lowest BCUT2D eigenvalue weighted by Gasteiger charge is -2.36. The van der Waals surface area contributed by atoms with Crippen molar-refractivity contribution in [3.8, 4) is 0 Å². The van der Waals surface area contributed by atoms with Gasteiger partial charge in [-0.15, -0.1) is 0 Å². The minimum atomic E-state index is -0.168. The van der Waals surface area contributed by atoms with E-state index >= 15 is 0 Å². The highest BCUT2D eigenvalue weighted by molar-refractivity contribution is 6.30. The fourth-order valence-corrected chi connectivity index (χ4v) is 4.27. The van der Waals surface area contributed by atoms with Crippen molar-refractivity contribution in [3.05, 3.63) is 95.0 Å². The number of rotatable bonds is 9. The van der Waals surface area contributed by atoms with Gasteiger partial charge in [0.25, 0.3) is 5.91 Å². The van der Waals surface area contributed by atoms with Crippen LogP contribution in [-0.4, -0.2) is 49.4 Å². The predicted octanol–water partition coefficient (Wildman–Crippen LogP) is 4.81. The molecule has 7 heteroatoms. The molecule has 0 aromatic heterocycles. The van der Waals surface area contributed by atoms with Gasteiger partial charge in [0.1, 0.15) is 0 Å². The monoisotopic (exact) mass is 490 g/mol. The molecule has 3 aromatic carbocycles.